The summed E-state index contributed by atoms with van der Waals surface area (Å²) in [4.78, 5) is 11.2. The second-order valence-electron chi connectivity index (χ2n) is 3.49. The predicted octanol–water partition coefficient (Wildman–Crippen LogP) is -0.190. The lowest BCUT2D eigenvalue weighted by Gasteiger charge is -2.14. The van der Waals surface area contributed by atoms with E-state index in [0.29, 0.717) is 11.8 Å². The average Bonchev–Trinajstić information content (AvgIpc) is 2.62. The van der Waals surface area contributed by atoms with E-state index >= 15 is 0 Å². The Morgan fingerprint density at radius 2 is 2.00 bits per heavy atom. The van der Waals surface area contributed by atoms with E-state index in [2.05, 4.69) is 10.6 Å². The molecule has 0 bridgehead atoms. The van der Waals surface area contributed by atoms with E-state index in [9.17, 15) is 4.79 Å². The number of hydrogen-bond acceptors (Lipinski definition) is 4. The van der Waals surface area contributed by atoms with Gasteiger partial charge in [0.05, 0.1) is 7.11 Å². The number of halogens is 2. The fraction of sp³-hybridized carbons (Fsp3) is 0.875. The van der Waals surface area contributed by atoms with E-state index < -0.39 is 0 Å². The minimum atomic E-state index is -0.119. The lowest BCUT2D eigenvalue weighted by Crippen LogP contribution is -2.38. The molecule has 2 saturated heterocycles. The fourth-order valence-electron chi connectivity index (χ4n) is 2.18. The number of carbonyl (C=O) groups excluding carboxylic acids is 1. The molecule has 2 aliphatic heterocycles. The van der Waals surface area contributed by atoms with Crippen molar-refractivity contribution in [3.05, 3.63) is 0 Å². The molecule has 2 fully saturated rings. The van der Waals surface area contributed by atoms with Crippen molar-refractivity contribution in [2.75, 3.05) is 26.7 Å². The summed E-state index contributed by atoms with van der Waals surface area (Å²) < 4.78 is 4.71. The zero-order chi connectivity index (χ0) is 8.55. The molecule has 3 atom stereocenters. The predicted molar refractivity (Wildman–Crippen MR) is 58.2 cm³/mol. The molecule has 6 heteroatoms. The second-order valence-corrected chi connectivity index (χ2v) is 3.49. The van der Waals surface area contributed by atoms with Crippen LogP contribution in [0.25, 0.3) is 0 Å². The van der Waals surface area contributed by atoms with E-state index in [-0.39, 0.29) is 36.8 Å². The first kappa shape index (κ1) is 14.0. The highest BCUT2D eigenvalue weighted by Gasteiger charge is 2.42. The van der Waals surface area contributed by atoms with E-state index in [1.807, 2.05) is 0 Å². The number of fused-ring (bicyclic) bond motifs is 1. The largest absolute Gasteiger partial charge is 0.468 e. The molecule has 0 saturated carbocycles. The molecule has 0 aromatic rings. The summed E-state index contributed by atoms with van der Waals surface area (Å²) in [6.45, 7) is 2.92. The van der Waals surface area contributed by atoms with Gasteiger partial charge >= 0.3 is 5.97 Å². The van der Waals surface area contributed by atoms with Crippen LogP contribution in [0.4, 0.5) is 0 Å². The topological polar surface area (TPSA) is 50.4 Å². The molecule has 0 amide bonds. The zero-order valence-electron chi connectivity index (χ0n) is 7.99. The van der Waals surface area contributed by atoms with Gasteiger partial charge in [-0.15, -0.1) is 24.8 Å². The van der Waals surface area contributed by atoms with Gasteiger partial charge in [0.1, 0.15) is 6.04 Å². The van der Waals surface area contributed by atoms with Crippen LogP contribution in [0.1, 0.15) is 0 Å². The third-order valence-electron chi connectivity index (χ3n) is 2.88. The van der Waals surface area contributed by atoms with Crippen molar-refractivity contribution >= 4 is 30.8 Å². The SMILES string of the molecule is COC(=O)C1NCC2CNCC21.Cl.Cl. The molecule has 0 aromatic heterocycles. The highest BCUT2D eigenvalue weighted by atomic mass is 35.5. The molecule has 84 valence electrons. The normalized spacial score (nSPS) is 33.9. The Balaban J connectivity index is 0.000000845. The van der Waals surface area contributed by atoms with Gasteiger partial charge in [0.15, 0.2) is 0 Å². The molecule has 0 spiro atoms. The molecule has 14 heavy (non-hydrogen) atoms. The van der Waals surface area contributed by atoms with Crippen molar-refractivity contribution in [3.63, 3.8) is 0 Å². The first-order chi connectivity index (χ1) is 5.83. The van der Waals surface area contributed by atoms with Gasteiger partial charge in [-0.25, -0.2) is 0 Å². The summed E-state index contributed by atoms with van der Waals surface area (Å²) in [6, 6.07) is -0.0741. The summed E-state index contributed by atoms with van der Waals surface area (Å²) in [5, 5.41) is 6.48. The van der Waals surface area contributed by atoms with Crippen molar-refractivity contribution in [2.24, 2.45) is 11.8 Å². The smallest absolute Gasteiger partial charge is 0.323 e. The number of carbonyl (C=O) groups is 1. The highest BCUT2D eigenvalue weighted by molar-refractivity contribution is 5.85. The van der Waals surface area contributed by atoms with Crippen LogP contribution in [0, 0.1) is 11.8 Å². The van der Waals surface area contributed by atoms with Crippen LogP contribution in [0.2, 0.25) is 0 Å². The van der Waals surface area contributed by atoms with E-state index in [4.69, 9.17) is 4.74 Å². The molecule has 2 rings (SSSR count). The number of rotatable bonds is 1. The molecular formula is C8H16Cl2N2O2. The number of ether oxygens (including phenoxy) is 1. The van der Waals surface area contributed by atoms with Gasteiger partial charge in [-0.2, -0.15) is 0 Å². The number of hydrogen-bond donors (Lipinski definition) is 2. The fourth-order valence-corrected chi connectivity index (χ4v) is 2.18. The standard InChI is InChI=1S/C8H14N2O2.2ClH/c1-12-8(11)7-6-4-9-2-5(6)3-10-7;;/h5-7,9-10H,2-4H2,1H3;2*1H. The van der Waals surface area contributed by atoms with Crippen LogP contribution < -0.4 is 10.6 Å². The van der Waals surface area contributed by atoms with Gasteiger partial charge in [0, 0.05) is 19.0 Å². The molecule has 0 aliphatic carbocycles. The van der Waals surface area contributed by atoms with Crippen LogP contribution in [0.15, 0.2) is 0 Å². The third-order valence-corrected chi connectivity index (χ3v) is 2.88. The molecule has 4 nitrogen and oxygen atoms in total. The van der Waals surface area contributed by atoms with Crippen LogP contribution in [-0.2, 0) is 9.53 Å². The maximum absolute atomic E-state index is 11.2. The Labute approximate surface area is 96.0 Å². The van der Waals surface area contributed by atoms with Gasteiger partial charge < -0.3 is 15.4 Å². The first-order valence-electron chi connectivity index (χ1n) is 4.35. The number of nitrogens with one attached hydrogen (secondary N) is 2. The van der Waals surface area contributed by atoms with Gasteiger partial charge in [-0.1, -0.05) is 0 Å². The Kier molecular flexibility index (Phi) is 5.74. The Morgan fingerprint density at radius 3 is 2.64 bits per heavy atom. The summed E-state index contributed by atoms with van der Waals surface area (Å²) in [5.41, 5.74) is 0. The van der Waals surface area contributed by atoms with Crippen LogP contribution >= 0.6 is 24.8 Å². The maximum atomic E-state index is 11.2. The monoisotopic (exact) mass is 242 g/mol. The van der Waals surface area contributed by atoms with Gasteiger partial charge in [-0.3, -0.25) is 4.79 Å². The second kappa shape index (κ2) is 5.75. The van der Waals surface area contributed by atoms with Gasteiger partial charge in [-0.05, 0) is 12.5 Å². The van der Waals surface area contributed by atoms with E-state index in [0.717, 1.165) is 19.6 Å². The Morgan fingerprint density at radius 1 is 1.29 bits per heavy atom. The van der Waals surface area contributed by atoms with E-state index in [1.165, 1.54) is 7.11 Å². The number of esters is 1. The van der Waals surface area contributed by atoms with Crippen molar-refractivity contribution in [2.45, 2.75) is 6.04 Å². The lowest BCUT2D eigenvalue weighted by atomic mass is 9.94. The molecule has 2 N–H and O–H groups in total. The third kappa shape index (κ3) is 2.31. The average molecular weight is 243 g/mol. The van der Waals surface area contributed by atoms with Gasteiger partial charge in [0.25, 0.3) is 0 Å². The van der Waals surface area contributed by atoms with Crippen molar-refractivity contribution < 1.29 is 9.53 Å². The maximum Gasteiger partial charge on any atom is 0.323 e. The highest BCUT2D eigenvalue weighted by Crippen LogP contribution is 2.26. The molecular weight excluding hydrogens is 227 g/mol. The minimum absolute atomic E-state index is 0. The quantitative estimate of drug-likeness (QED) is 0.627. The summed E-state index contributed by atoms with van der Waals surface area (Å²) in [5.74, 6) is 0.942. The van der Waals surface area contributed by atoms with Crippen LogP contribution in [-0.4, -0.2) is 38.8 Å². The number of methoxy groups -OCH3 is 1. The molecule has 0 radical (unpaired) electrons. The molecule has 3 unspecified atom stereocenters. The summed E-state index contributed by atoms with van der Waals surface area (Å²) >= 11 is 0. The summed E-state index contributed by atoms with van der Waals surface area (Å²) in [6.07, 6.45) is 0. The molecule has 2 heterocycles. The van der Waals surface area contributed by atoms with Gasteiger partial charge in [0.2, 0.25) is 0 Å². The lowest BCUT2D eigenvalue weighted by molar-refractivity contribution is -0.143. The van der Waals surface area contributed by atoms with Crippen molar-refractivity contribution in [1.82, 2.24) is 10.6 Å². The zero-order valence-corrected chi connectivity index (χ0v) is 9.62. The van der Waals surface area contributed by atoms with Crippen LogP contribution in [0.3, 0.4) is 0 Å². The van der Waals surface area contributed by atoms with E-state index in [1.54, 1.807) is 0 Å². The van der Waals surface area contributed by atoms with Crippen molar-refractivity contribution in [1.29, 1.82) is 0 Å². The van der Waals surface area contributed by atoms with Crippen LogP contribution in [0.5, 0.6) is 0 Å². The molecule has 0 aromatic carbocycles. The van der Waals surface area contributed by atoms with Crippen molar-refractivity contribution in [3.8, 4) is 0 Å². The summed E-state index contributed by atoms with van der Waals surface area (Å²) in [7, 11) is 1.44. The first-order valence-corrected chi connectivity index (χ1v) is 4.35. The Bertz CT molecular complexity index is 204. The Hall–Kier alpha value is -0.0300. The molecule has 2 aliphatic rings. The minimum Gasteiger partial charge on any atom is -0.468 e.